The third-order valence-electron chi connectivity index (χ3n) is 5.77. The van der Waals surface area contributed by atoms with Gasteiger partial charge in [-0.1, -0.05) is 24.3 Å². The summed E-state index contributed by atoms with van der Waals surface area (Å²) in [5.74, 6) is 0.448. The Morgan fingerprint density at radius 3 is 2.76 bits per heavy atom. The number of likely N-dealkylation sites (tertiary alicyclic amines) is 1. The molecule has 1 aliphatic carbocycles. The van der Waals surface area contributed by atoms with Crippen molar-refractivity contribution in [3.63, 3.8) is 0 Å². The smallest absolute Gasteiger partial charge is 0.228 e. The summed E-state index contributed by atoms with van der Waals surface area (Å²) in [5, 5.41) is 0. The van der Waals surface area contributed by atoms with Gasteiger partial charge in [0.1, 0.15) is 0 Å². The number of aryl methyl sites for hydroxylation is 1. The highest BCUT2D eigenvalue weighted by Gasteiger charge is 2.42. The van der Waals surface area contributed by atoms with Crippen LogP contribution in [0.15, 0.2) is 24.3 Å². The summed E-state index contributed by atoms with van der Waals surface area (Å²) in [7, 11) is 0. The molecule has 1 spiro atoms. The molecule has 0 radical (unpaired) electrons. The van der Waals surface area contributed by atoms with Gasteiger partial charge in [0.05, 0.1) is 12.5 Å². The monoisotopic (exact) mass is 285 g/mol. The van der Waals surface area contributed by atoms with Crippen molar-refractivity contribution in [2.45, 2.75) is 37.5 Å². The minimum absolute atomic E-state index is 0.120. The Balaban J connectivity index is 1.46. The number of hydrogen-bond acceptors (Lipinski definition) is 2. The molecular formula is C18H23NO2. The van der Waals surface area contributed by atoms with E-state index in [1.807, 2.05) is 0 Å². The van der Waals surface area contributed by atoms with Crippen LogP contribution in [0.4, 0.5) is 0 Å². The lowest BCUT2D eigenvalue weighted by molar-refractivity contribution is -0.137. The number of fused-ring (bicyclic) bond motifs is 2. The summed E-state index contributed by atoms with van der Waals surface area (Å²) >= 11 is 0. The molecule has 3 aliphatic rings. The largest absolute Gasteiger partial charge is 0.381 e. The van der Waals surface area contributed by atoms with Crippen LogP contribution in [0.1, 0.15) is 36.8 Å². The van der Waals surface area contributed by atoms with Gasteiger partial charge in [-0.15, -0.1) is 0 Å². The topological polar surface area (TPSA) is 29.5 Å². The number of hydrogen-bond donors (Lipinski definition) is 0. The molecule has 3 heteroatoms. The molecule has 0 N–H and O–H groups in total. The number of amides is 1. The van der Waals surface area contributed by atoms with Crippen molar-refractivity contribution in [1.82, 2.24) is 4.90 Å². The maximum absolute atomic E-state index is 12.5. The molecule has 4 rings (SSSR count). The summed E-state index contributed by atoms with van der Waals surface area (Å²) in [6, 6.07) is 8.90. The van der Waals surface area contributed by atoms with E-state index >= 15 is 0 Å². The van der Waals surface area contributed by atoms with Gasteiger partial charge in [0.15, 0.2) is 0 Å². The molecule has 0 unspecified atom stereocenters. The number of piperidine rings is 1. The average Bonchev–Trinajstić information content (AvgIpc) is 3.17. The predicted molar refractivity (Wildman–Crippen MR) is 81.2 cm³/mol. The van der Waals surface area contributed by atoms with Gasteiger partial charge in [0.2, 0.25) is 5.91 Å². The van der Waals surface area contributed by atoms with Crippen molar-refractivity contribution in [1.29, 1.82) is 0 Å². The van der Waals surface area contributed by atoms with Crippen molar-refractivity contribution in [3.8, 4) is 0 Å². The van der Waals surface area contributed by atoms with Gasteiger partial charge >= 0.3 is 0 Å². The van der Waals surface area contributed by atoms with Gasteiger partial charge in [0, 0.05) is 19.7 Å². The number of carbonyl (C=O) groups excluding carboxylic acids is 1. The van der Waals surface area contributed by atoms with Crippen LogP contribution in [-0.2, 0) is 21.4 Å². The van der Waals surface area contributed by atoms with E-state index in [-0.39, 0.29) is 5.92 Å². The van der Waals surface area contributed by atoms with Gasteiger partial charge in [-0.2, -0.15) is 0 Å². The average molecular weight is 285 g/mol. The number of ether oxygens (including phenoxy) is 1. The first-order chi connectivity index (χ1) is 10.3. The van der Waals surface area contributed by atoms with E-state index < -0.39 is 0 Å². The van der Waals surface area contributed by atoms with Crippen LogP contribution in [-0.4, -0.2) is 37.1 Å². The minimum atomic E-state index is 0.120. The lowest BCUT2D eigenvalue weighted by atomic mass is 9.73. The van der Waals surface area contributed by atoms with E-state index in [9.17, 15) is 4.79 Å². The van der Waals surface area contributed by atoms with E-state index in [0.29, 0.717) is 17.9 Å². The molecule has 0 saturated carbocycles. The van der Waals surface area contributed by atoms with Crippen molar-refractivity contribution < 1.29 is 9.53 Å². The van der Waals surface area contributed by atoms with E-state index in [1.165, 1.54) is 18.4 Å². The molecule has 1 aromatic rings. The maximum atomic E-state index is 12.5. The first-order valence-corrected chi connectivity index (χ1v) is 8.23. The zero-order chi connectivity index (χ0) is 14.3. The fourth-order valence-electron chi connectivity index (χ4n) is 4.43. The molecule has 2 aliphatic heterocycles. The minimum Gasteiger partial charge on any atom is -0.381 e. The second-order valence-corrected chi connectivity index (χ2v) is 6.82. The van der Waals surface area contributed by atoms with E-state index in [1.54, 1.807) is 5.56 Å². The molecular weight excluding hydrogens is 262 g/mol. The van der Waals surface area contributed by atoms with Crippen molar-refractivity contribution in [2.24, 2.45) is 5.92 Å². The Kier molecular flexibility index (Phi) is 3.26. The van der Waals surface area contributed by atoms with Gasteiger partial charge in [0.25, 0.3) is 0 Å². The molecule has 1 aromatic carbocycles. The van der Waals surface area contributed by atoms with E-state index in [0.717, 1.165) is 39.0 Å². The van der Waals surface area contributed by atoms with Crippen LogP contribution in [0.5, 0.6) is 0 Å². The third-order valence-corrected chi connectivity index (χ3v) is 5.77. The summed E-state index contributed by atoms with van der Waals surface area (Å²) < 4.78 is 5.36. The third kappa shape index (κ3) is 2.18. The van der Waals surface area contributed by atoms with Gasteiger partial charge in [-0.25, -0.2) is 0 Å². The predicted octanol–water partition coefficient (Wildman–Crippen LogP) is 2.53. The Hall–Kier alpha value is -1.35. The highest BCUT2D eigenvalue weighted by molar-refractivity contribution is 5.79. The van der Waals surface area contributed by atoms with Crippen LogP contribution < -0.4 is 0 Å². The highest BCUT2D eigenvalue weighted by atomic mass is 16.5. The SMILES string of the molecule is O=C([C@@H]1CCOC1)N1CCC2(CCc3ccccc32)CC1. The molecule has 1 amide bonds. The number of nitrogens with zero attached hydrogens (tertiary/aromatic N) is 1. The standard InChI is InChI=1S/C18H23NO2/c20-17(15-6-12-21-13-15)19-10-8-18(9-11-19)7-5-14-3-1-2-4-16(14)18/h1-4,15H,5-13H2/t15-/m1/s1. The lowest BCUT2D eigenvalue weighted by Gasteiger charge is -2.41. The van der Waals surface area contributed by atoms with E-state index in [2.05, 4.69) is 29.2 Å². The van der Waals surface area contributed by atoms with Crippen LogP contribution >= 0.6 is 0 Å². The first kappa shape index (κ1) is 13.3. The lowest BCUT2D eigenvalue weighted by Crippen LogP contribution is -2.46. The second-order valence-electron chi connectivity index (χ2n) is 6.82. The Morgan fingerprint density at radius 2 is 2.00 bits per heavy atom. The molecule has 0 aromatic heterocycles. The highest BCUT2D eigenvalue weighted by Crippen LogP contribution is 2.46. The maximum Gasteiger partial charge on any atom is 0.228 e. The summed E-state index contributed by atoms with van der Waals surface area (Å²) in [6.07, 6.45) is 5.64. The molecule has 0 bridgehead atoms. The van der Waals surface area contributed by atoms with Crippen LogP contribution in [0.3, 0.4) is 0 Å². The molecule has 3 nitrogen and oxygen atoms in total. The fourth-order valence-corrected chi connectivity index (χ4v) is 4.43. The molecule has 2 saturated heterocycles. The Labute approximate surface area is 126 Å². The number of rotatable bonds is 1. The van der Waals surface area contributed by atoms with Crippen molar-refractivity contribution >= 4 is 5.91 Å². The molecule has 1 atom stereocenters. The van der Waals surface area contributed by atoms with Crippen molar-refractivity contribution in [2.75, 3.05) is 26.3 Å². The zero-order valence-corrected chi connectivity index (χ0v) is 12.5. The summed E-state index contributed by atoms with van der Waals surface area (Å²) in [4.78, 5) is 14.6. The quantitative estimate of drug-likeness (QED) is 0.793. The number of benzene rings is 1. The second kappa shape index (κ2) is 5.13. The summed E-state index contributed by atoms with van der Waals surface area (Å²) in [5.41, 5.74) is 3.43. The van der Waals surface area contributed by atoms with E-state index in [4.69, 9.17) is 4.74 Å². The molecule has 112 valence electrons. The molecule has 21 heavy (non-hydrogen) atoms. The Morgan fingerprint density at radius 1 is 1.19 bits per heavy atom. The zero-order valence-electron chi connectivity index (χ0n) is 12.5. The molecule has 2 fully saturated rings. The van der Waals surface area contributed by atoms with Gasteiger partial charge in [-0.05, 0) is 48.6 Å². The number of carbonyl (C=O) groups is 1. The van der Waals surface area contributed by atoms with Crippen LogP contribution in [0.2, 0.25) is 0 Å². The molecule has 2 heterocycles. The van der Waals surface area contributed by atoms with Crippen LogP contribution in [0, 0.1) is 5.92 Å². The normalized spacial score (nSPS) is 27.0. The summed E-state index contributed by atoms with van der Waals surface area (Å²) in [6.45, 7) is 3.22. The first-order valence-electron chi connectivity index (χ1n) is 8.23. The van der Waals surface area contributed by atoms with Gasteiger partial charge < -0.3 is 9.64 Å². The van der Waals surface area contributed by atoms with Gasteiger partial charge in [-0.3, -0.25) is 4.79 Å². The van der Waals surface area contributed by atoms with Crippen LogP contribution in [0.25, 0.3) is 0 Å². The fraction of sp³-hybridized carbons (Fsp3) is 0.611. The Bertz CT molecular complexity index is 540. The van der Waals surface area contributed by atoms with Crippen molar-refractivity contribution in [3.05, 3.63) is 35.4 Å².